The van der Waals surface area contributed by atoms with E-state index in [0.717, 1.165) is 0 Å². The van der Waals surface area contributed by atoms with Crippen molar-refractivity contribution >= 4 is 59.4 Å². The highest BCUT2D eigenvalue weighted by atomic mass is 14.3. The van der Waals surface area contributed by atoms with E-state index in [0.29, 0.717) is 11.8 Å². The molecule has 0 spiro atoms. The number of hydrogen-bond acceptors (Lipinski definition) is 0. The van der Waals surface area contributed by atoms with Gasteiger partial charge in [0.05, 0.1) is 0 Å². The monoisotopic (exact) mass is 760 g/mol. The summed E-state index contributed by atoms with van der Waals surface area (Å²) in [5, 5.41) is 12.6. The maximum absolute atomic E-state index is 2.47. The van der Waals surface area contributed by atoms with E-state index in [1.54, 1.807) is 0 Å². The fourth-order valence-corrected chi connectivity index (χ4v) is 10.0. The lowest BCUT2D eigenvalue weighted by atomic mass is 9.81. The standard InChI is InChI=1S/C60H40/c1-3-15-41-33-45(29-27-39(41)13-1)43-18-11-20-49(35-43)59-54-25-9-10-26-55(54)60(50-21-12-19-44(36-50)46-30-28-40-14-2-4-16-42(40)34-46)58-38-48(31-32-56(58)59)57-37-47-17-5-6-22-51(47)52-23-7-8-24-53(52)57/h1-39,41H. The van der Waals surface area contributed by atoms with Gasteiger partial charge in [-0.1, -0.05) is 200 Å². The van der Waals surface area contributed by atoms with E-state index in [4.69, 9.17) is 0 Å². The number of allylic oxidation sites excluding steroid dienone is 8. The third-order valence-corrected chi connectivity index (χ3v) is 12.9. The van der Waals surface area contributed by atoms with Crippen molar-refractivity contribution in [2.24, 2.45) is 11.8 Å². The summed E-state index contributed by atoms with van der Waals surface area (Å²) in [4.78, 5) is 0. The van der Waals surface area contributed by atoms with Gasteiger partial charge in [-0.3, -0.25) is 0 Å². The summed E-state index contributed by atoms with van der Waals surface area (Å²) in [6.07, 6.45) is 16.1. The van der Waals surface area contributed by atoms with Crippen LogP contribution in [0.4, 0.5) is 0 Å². The molecule has 0 radical (unpaired) electrons. The van der Waals surface area contributed by atoms with Crippen LogP contribution in [0.15, 0.2) is 231 Å². The highest BCUT2D eigenvalue weighted by molar-refractivity contribution is 6.23. The van der Waals surface area contributed by atoms with E-state index >= 15 is 0 Å². The molecule has 0 nitrogen and oxygen atoms in total. The van der Waals surface area contributed by atoms with Crippen LogP contribution in [0.2, 0.25) is 0 Å². The van der Waals surface area contributed by atoms with Crippen molar-refractivity contribution < 1.29 is 0 Å². The third kappa shape index (κ3) is 5.75. The van der Waals surface area contributed by atoms with Crippen LogP contribution >= 0.6 is 0 Å². The van der Waals surface area contributed by atoms with E-state index in [-0.39, 0.29) is 0 Å². The van der Waals surface area contributed by atoms with Crippen molar-refractivity contribution in [1.29, 1.82) is 0 Å². The zero-order chi connectivity index (χ0) is 39.6. The van der Waals surface area contributed by atoms with Gasteiger partial charge in [-0.2, -0.15) is 0 Å². The molecule has 2 unspecified atom stereocenters. The van der Waals surface area contributed by atoms with Crippen LogP contribution in [0.5, 0.6) is 0 Å². The molecule has 0 N–H and O–H groups in total. The van der Waals surface area contributed by atoms with Crippen LogP contribution < -0.4 is 0 Å². The molecule has 2 aliphatic carbocycles. The van der Waals surface area contributed by atoms with Crippen LogP contribution in [0, 0.1) is 11.8 Å². The van der Waals surface area contributed by atoms with Crippen molar-refractivity contribution in [1.82, 2.24) is 0 Å². The molecule has 0 bridgehead atoms. The van der Waals surface area contributed by atoms with Gasteiger partial charge >= 0.3 is 0 Å². The summed E-state index contributed by atoms with van der Waals surface area (Å²) in [5.41, 5.74) is 12.4. The predicted molar refractivity (Wildman–Crippen MR) is 258 cm³/mol. The molecule has 10 aromatic carbocycles. The number of rotatable bonds is 5. The predicted octanol–water partition coefficient (Wildman–Crippen LogP) is 16.4. The highest BCUT2D eigenvalue weighted by Gasteiger charge is 2.21. The Kier molecular flexibility index (Phi) is 8.10. The lowest BCUT2D eigenvalue weighted by Crippen LogP contribution is -2.11. The van der Waals surface area contributed by atoms with E-state index in [2.05, 4.69) is 231 Å². The first-order chi connectivity index (χ1) is 29.7. The zero-order valence-electron chi connectivity index (χ0n) is 33.1. The minimum atomic E-state index is 0.384. The fraction of sp³-hybridized carbons (Fsp3) is 0.0333. The summed E-state index contributed by atoms with van der Waals surface area (Å²) in [6.45, 7) is 0. The highest BCUT2D eigenvalue weighted by Crippen LogP contribution is 2.47. The summed E-state index contributed by atoms with van der Waals surface area (Å²) in [6, 6.07) is 70.1. The largest absolute Gasteiger partial charge is 0.0767 e. The van der Waals surface area contributed by atoms with Crippen molar-refractivity contribution in [3.8, 4) is 44.5 Å². The molecule has 2 atom stereocenters. The molecule has 10 aromatic rings. The van der Waals surface area contributed by atoms with Gasteiger partial charge in [0.25, 0.3) is 0 Å². The second-order valence-corrected chi connectivity index (χ2v) is 16.4. The normalized spacial score (nSPS) is 15.9. The lowest BCUT2D eigenvalue weighted by Gasteiger charge is -2.23. The summed E-state index contributed by atoms with van der Waals surface area (Å²) < 4.78 is 0. The van der Waals surface area contributed by atoms with Crippen LogP contribution in [0.3, 0.4) is 0 Å². The molecule has 0 saturated heterocycles. The third-order valence-electron chi connectivity index (χ3n) is 12.9. The molecule has 60 heavy (non-hydrogen) atoms. The van der Waals surface area contributed by atoms with Gasteiger partial charge in [0.15, 0.2) is 0 Å². The molecule has 0 heteroatoms. The van der Waals surface area contributed by atoms with Crippen molar-refractivity contribution in [3.63, 3.8) is 0 Å². The number of hydrogen-bond donors (Lipinski definition) is 0. The molecule has 0 fully saturated rings. The molecule has 0 aromatic heterocycles. The van der Waals surface area contributed by atoms with Gasteiger partial charge in [0.2, 0.25) is 0 Å². The molecular weight excluding hydrogens is 721 g/mol. The van der Waals surface area contributed by atoms with Gasteiger partial charge in [-0.05, 0) is 140 Å². The Morgan fingerprint density at radius 3 is 1.65 bits per heavy atom. The Hall–Kier alpha value is -7.54. The zero-order valence-corrected chi connectivity index (χ0v) is 33.1. The van der Waals surface area contributed by atoms with E-state index < -0.39 is 0 Å². The van der Waals surface area contributed by atoms with Crippen molar-refractivity contribution in [3.05, 3.63) is 236 Å². The van der Waals surface area contributed by atoms with Gasteiger partial charge in [0.1, 0.15) is 0 Å². The maximum atomic E-state index is 2.47. The Morgan fingerprint density at radius 1 is 0.283 bits per heavy atom. The van der Waals surface area contributed by atoms with Gasteiger partial charge in [-0.15, -0.1) is 0 Å². The van der Waals surface area contributed by atoms with Gasteiger partial charge in [0, 0.05) is 11.8 Å². The fourth-order valence-electron chi connectivity index (χ4n) is 10.0. The average Bonchev–Trinajstić information content (AvgIpc) is 3.32. The Balaban J connectivity index is 1.12. The summed E-state index contributed by atoms with van der Waals surface area (Å²) in [7, 11) is 0. The molecular formula is C60H40. The first kappa shape index (κ1) is 34.5. The first-order valence-corrected chi connectivity index (χ1v) is 21.1. The molecule has 12 rings (SSSR count). The first-order valence-electron chi connectivity index (χ1n) is 21.1. The number of fused-ring (bicyclic) bond motifs is 7. The van der Waals surface area contributed by atoms with Crippen LogP contribution in [0.25, 0.3) is 104 Å². The topological polar surface area (TPSA) is 0 Å². The van der Waals surface area contributed by atoms with Crippen molar-refractivity contribution in [2.45, 2.75) is 0 Å². The summed E-state index contributed by atoms with van der Waals surface area (Å²) >= 11 is 0. The quantitative estimate of drug-likeness (QED) is 0.121. The smallest absolute Gasteiger partial charge is 0.00567 e. The SMILES string of the molecule is C1=CC2C=CC(c3cccc(-c4c5ccccc5c(-c5cccc(-c6ccc7ccccc7c6)c5)c5cc(-c6cc7ccccc7c7ccccc67)ccc45)c3)=CC2C=C1. The molecule has 0 aliphatic heterocycles. The van der Waals surface area contributed by atoms with Crippen LogP contribution in [-0.2, 0) is 0 Å². The molecule has 0 heterocycles. The molecule has 0 saturated carbocycles. The van der Waals surface area contributed by atoms with Crippen LogP contribution in [-0.4, -0.2) is 0 Å². The maximum Gasteiger partial charge on any atom is 0.00567 e. The second-order valence-electron chi connectivity index (χ2n) is 16.4. The molecule has 2 aliphatic rings. The van der Waals surface area contributed by atoms with E-state index in [1.165, 1.54) is 110 Å². The Labute approximate surface area is 350 Å². The minimum absolute atomic E-state index is 0.384. The average molecular weight is 761 g/mol. The lowest BCUT2D eigenvalue weighted by molar-refractivity contribution is 0.663. The summed E-state index contributed by atoms with van der Waals surface area (Å²) in [5.74, 6) is 0.811. The van der Waals surface area contributed by atoms with Gasteiger partial charge < -0.3 is 0 Å². The molecule has 280 valence electrons. The van der Waals surface area contributed by atoms with E-state index in [9.17, 15) is 0 Å². The minimum Gasteiger partial charge on any atom is -0.0767 e. The van der Waals surface area contributed by atoms with Crippen LogP contribution in [0.1, 0.15) is 5.56 Å². The van der Waals surface area contributed by atoms with Crippen molar-refractivity contribution in [2.75, 3.05) is 0 Å². The second kappa shape index (κ2) is 14.1. The molecule has 0 amide bonds. The Morgan fingerprint density at radius 2 is 0.850 bits per heavy atom. The van der Waals surface area contributed by atoms with Gasteiger partial charge in [-0.25, -0.2) is 0 Å². The van der Waals surface area contributed by atoms with E-state index in [1.807, 2.05) is 0 Å². The number of benzene rings is 10. The Bertz CT molecular complexity index is 3500.